The minimum Gasteiger partial charge on any atom is -0.372 e. The number of halogens is 3. The van der Waals surface area contributed by atoms with Crippen molar-refractivity contribution in [1.29, 1.82) is 5.26 Å². The van der Waals surface area contributed by atoms with Gasteiger partial charge in [0.25, 0.3) is 0 Å². The van der Waals surface area contributed by atoms with E-state index in [-0.39, 0.29) is 30.2 Å². The molecule has 0 spiro atoms. The molecular formula is C31H34F3N5O2. The van der Waals surface area contributed by atoms with E-state index in [2.05, 4.69) is 30.0 Å². The second-order valence-electron chi connectivity index (χ2n) is 10.9. The summed E-state index contributed by atoms with van der Waals surface area (Å²) in [5.74, 6) is 0.894. The molecular weight excluding hydrogens is 531 g/mol. The number of hydrogen-bond acceptors (Lipinski definition) is 6. The Bertz CT molecular complexity index is 1440. The third-order valence-electron chi connectivity index (χ3n) is 8.26. The lowest BCUT2D eigenvalue weighted by Crippen LogP contribution is -2.50. The molecule has 2 fully saturated rings. The first-order valence-electron chi connectivity index (χ1n) is 14.0. The number of aryl methyl sites for hydroxylation is 1. The fourth-order valence-corrected chi connectivity index (χ4v) is 5.77. The molecule has 0 bridgehead atoms. The van der Waals surface area contributed by atoms with Crippen LogP contribution in [-0.4, -0.2) is 67.8 Å². The van der Waals surface area contributed by atoms with E-state index in [0.717, 1.165) is 48.5 Å². The Morgan fingerprint density at radius 3 is 2.46 bits per heavy atom. The summed E-state index contributed by atoms with van der Waals surface area (Å²) in [4.78, 5) is 23.5. The predicted octanol–water partition coefficient (Wildman–Crippen LogP) is 5.55. The second-order valence-corrected chi connectivity index (χ2v) is 10.9. The van der Waals surface area contributed by atoms with Crippen LogP contribution in [-0.2, 0) is 15.7 Å². The van der Waals surface area contributed by atoms with Crippen molar-refractivity contribution in [3.05, 3.63) is 65.2 Å². The molecule has 2 aliphatic rings. The maximum absolute atomic E-state index is 13.4. The van der Waals surface area contributed by atoms with Crippen molar-refractivity contribution in [2.75, 3.05) is 49.6 Å². The van der Waals surface area contributed by atoms with E-state index in [1.54, 1.807) is 19.2 Å². The zero-order valence-electron chi connectivity index (χ0n) is 23.3. The number of ether oxygens (including phenoxy) is 1. The Kier molecular flexibility index (Phi) is 8.36. The summed E-state index contributed by atoms with van der Waals surface area (Å²) in [6.07, 6.45) is -1.69. The van der Waals surface area contributed by atoms with Crippen LogP contribution in [0, 0.1) is 18.3 Å². The molecule has 1 saturated heterocycles. The number of hydrogen-bond donors (Lipinski definition) is 0. The highest BCUT2D eigenvalue weighted by molar-refractivity contribution is 5.81. The van der Waals surface area contributed by atoms with Crippen molar-refractivity contribution < 1.29 is 22.7 Å². The second kappa shape index (κ2) is 12.0. The number of aromatic nitrogens is 1. The van der Waals surface area contributed by atoms with Gasteiger partial charge in [-0.3, -0.25) is 4.79 Å². The normalized spacial score (nSPS) is 19.7. The van der Waals surface area contributed by atoms with Crippen molar-refractivity contribution in [2.24, 2.45) is 0 Å². The number of piperazine rings is 1. The fourth-order valence-electron chi connectivity index (χ4n) is 5.77. The van der Waals surface area contributed by atoms with Gasteiger partial charge in [-0.1, -0.05) is 11.6 Å². The van der Waals surface area contributed by atoms with Crippen LogP contribution in [0.3, 0.4) is 0 Å². The number of carbonyl (C=O) groups excluding carboxylic acids is 1. The minimum absolute atomic E-state index is 0.0249. The number of nitrogens with zero attached hydrogens (tertiary/aromatic N) is 5. The van der Waals surface area contributed by atoms with Gasteiger partial charge < -0.3 is 19.4 Å². The Morgan fingerprint density at radius 2 is 1.78 bits per heavy atom. The monoisotopic (exact) mass is 565 g/mol. The quantitative estimate of drug-likeness (QED) is 0.391. The number of carbonyl (C=O) groups is 1. The van der Waals surface area contributed by atoms with Crippen molar-refractivity contribution >= 4 is 28.3 Å². The minimum atomic E-state index is -4.58. The van der Waals surface area contributed by atoms with Crippen LogP contribution in [0.1, 0.15) is 42.4 Å². The van der Waals surface area contributed by atoms with Gasteiger partial charge in [-0.25, -0.2) is 4.98 Å². The highest BCUT2D eigenvalue weighted by atomic mass is 19.4. The number of pyridine rings is 1. The summed E-state index contributed by atoms with van der Waals surface area (Å²) in [5, 5.41) is 10.2. The molecule has 0 unspecified atom stereocenters. The van der Waals surface area contributed by atoms with Crippen molar-refractivity contribution in [3.63, 3.8) is 0 Å². The molecule has 10 heteroatoms. The number of rotatable bonds is 6. The maximum atomic E-state index is 13.4. The average molecular weight is 566 g/mol. The zero-order chi connectivity index (χ0) is 29.1. The van der Waals surface area contributed by atoms with Crippen LogP contribution >= 0.6 is 0 Å². The van der Waals surface area contributed by atoms with E-state index in [1.807, 2.05) is 21.9 Å². The Labute approximate surface area is 238 Å². The molecule has 0 radical (unpaired) electrons. The number of fused-ring (bicyclic) bond motifs is 1. The van der Waals surface area contributed by atoms with Crippen molar-refractivity contribution in [1.82, 2.24) is 9.88 Å². The Balaban J connectivity index is 1.07. The lowest BCUT2D eigenvalue weighted by molar-refractivity contribution is -0.139. The molecule has 1 saturated carbocycles. The molecule has 1 aromatic heterocycles. The average Bonchev–Trinajstić information content (AvgIpc) is 2.98. The summed E-state index contributed by atoms with van der Waals surface area (Å²) in [6, 6.07) is 15.9. The fraction of sp³-hybridized carbons (Fsp3) is 0.452. The first kappa shape index (κ1) is 28.7. The molecule has 0 N–H and O–H groups in total. The molecule has 3 aromatic rings. The van der Waals surface area contributed by atoms with Crippen molar-refractivity contribution in [2.45, 2.75) is 50.9 Å². The van der Waals surface area contributed by atoms with E-state index in [4.69, 9.17) is 15.0 Å². The van der Waals surface area contributed by atoms with E-state index < -0.39 is 11.7 Å². The lowest BCUT2D eigenvalue weighted by atomic mass is 9.91. The largest absolute Gasteiger partial charge is 0.417 e. The van der Waals surface area contributed by atoms with Gasteiger partial charge in [0.05, 0.1) is 28.8 Å². The number of nitriles is 1. The van der Waals surface area contributed by atoms with Crippen molar-refractivity contribution in [3.8, 4) is 6.07 Å². The van der Waals surface area contributed by atoms with Gasteiger partial charge >= 0.3 is 6.18 Å². The SMILES string of the molecule is Cc1ccc2nc(N3CCN(C(=O)COC4CCC(N(C)c5ccc(C#N)c(C(F)(F)F)c5)CC4)CC3)ccc2c1. The van der Waals surface area contributed by atoms with Gasteiger partial charge in [-0.05, 0) is 75.1 Å². The molecule has 1 amide bonds. The number of alkyl halides is 3. The van der Waals surface area contributed by atoms with Crippen LogP contribution in [0.4, 0.5) is 24.7 Å². The molecule has 41 heavy (non-hydrogen) atoms. The summed E-state index contributed by atoms with van der Waals surface area (Å²) >= 11 is 0. The van der Waals surface area contributed by atoms with Gasteiger partial charge in [-0.2, -0.15) is 18.4 Å². The summed E-state index contributed by atoms with van der Waals surface area (Å²) in [7, 11) is 1.78. The van der Waals surface area contributed by atoms with Crippen LogP contribution in [0.25, 0.3) is 10.9 Å². The van der Waals surface area contributed by atoms with E-state index >= 15 is 0 Å². The van der Waals surface area contributed by atoms with Gasteiger partial charge in [-0.15, -0.1) is 0 Å². The molecule has 216 valence electrons. The van der Waals surface area contributed by atoms with Gasteiger partial charge in [0.1, 0.15) is 12.4 Å². The van der Waals surface area contributed by atoms with Crippen LogP contribution < -0.4 is 9.80 Å². The molecule has 7 nitrogen and oxygen atoms in total. The number of amides is 1. The van der Waals surface area contributed by atoms with Crippen LogP contribution in [0.2, 0.25) is 0 Å². The molecule has 0 atom stereocenters. The van der Waals surface area contributed by atoms with Crippen LogP contribution in [0.5, 0.6) is 0 Å². The highest BCUT2D eigenvalue weighted by Crippen LogP contribution is 2.36. The standard InChI is InChI=1S/C31H34F3N5O2/c1-21-3-11-28-22(17-21)5-12-29(36-28)38-13-15-39(16-14-38)30(40)20-41-26-9-7-24(8-10-26)37(2)25-6-4-23(19-35)27(18-25)31(32,33)34/h3-6,11-12,17-18,24,26H,7-10,13-16,20H2,1-2H3. The highest BCUT2D eigenvalue weighted by Gasteiger charge is 2.35. The molecule has 5 rings (SSSR count). The third-order valence-corrected chi connectivity index (χ3v) is 8.26. The summed E-state index contributed by atoms with van der Waals surface area (Å²) < 4.78 is 46.2. The molecule has 1 aliphatic heterocycles. The van der Waals surface area contributed by atoms with E-state index in [0.29, 0.717) is 31.9 Å². The number of benzene rings is 2. The molecule has 2 heterocycles. The Hall–Kier alpha value is -3.84. The first-order chi connectivity index (χ1) is 19.6. The van der Waals surface area contributed by atoms with Gasteiger partial charge in [0, 0.05) is 50.3 Å². The van der Waals surface area contributed by atoms with Crippen LogP contribution in [0.15, 0.2) is 48.5 Å². The molecule has 1 aliphatic carbocycles. The Morgan fingerprint density at radius 1 is 1.05 bits per heavy atom. The maximum Gasteiger partial charge on any atom is 0.417 e. The predicted molar refractivity (Wildman–Crippen MR) is 152 cm³/mol. The van der Waals surface area contributed by atoms with E-state index in [9.17, 15) is 18.0 Å². The zero-order valence-corrected chi connectivity index (χ0v) is 23.3. The van der Waals surface area contributed by atoms with E-state index in [1.165, 1.54) is 11.6 Å². The third kappa shape index (κ3) is 6.57. The summed E-state index contributed by atoms with van der Waals surface area (Å²) in [6.45, 7) is 4.73. The summed E-state index contributed by atoms with van der Waals surface area (Å²) in [5.41, 5.74) is 1.31. The first-order valence-corrected chi connectivity index (χ1v) is 14.0. The number of anilines is 2. The molecule has 2 aromatic carbocycles. The smallest absolute Gasteiger partial charge is 0.372 e. The van der Waals surface area contributed by atoms with Gasteiger partial charge in [0.2, 0.25) is 5.91 Å². The topological polar surface area (TPSA) is 72.7 Å². The lowest BCUT2D eigenvalue weighted by Gasteiger charge is -2.37. The van der Waals surface area contributed by atoms with Gasteiger partial charge in [0.15, 0.2) is 0 Å².